The molecule has 1 fully saturated rings. The lowest BCUT2D eigenvalue weighted by Crippen LogP contribution is -2.28. The van der Waals surface area contributed by atoms with Gasteiger partial charge in [0.25, 0.3) is 0 Å². The lowest BCUT2D eigenvalue weighted by Gasteiger charge is -2.12. The molecule has 0 saturated heterocycles. The highest BCUT2D eigenvalue weighted by Crippen LogP contribution is 2.32. The van der Waals surface area contributed by atoms with Gasteiger partial charge >= 0.3 is 0 Å². The van der Waals surface area contributed by atoms with Crippen molar-refractivity contribution >= 4 is 11.6 Å². The number of anilines is 1. The third kappa shape index (κ3) is 4.85. The Kier molecular flexibility index (Phi) is 5.01. The molecule has 4 nitrogen and oxygen atoms in total. The highest BCUT2D eigenvalue weighted by atomic mass is 16.5. The molecule has 0 spiro atoms. The molecule has 2 rings (SSSR count). The predicted molar refractivity (Wildman–Crippen MR) is 80.7 cm³/mol. The van der Waals surface area contributed by atoms with Gasteiger partial charge in [-0.15, -0.1) is 0 Å². The Labute approximate surface area is 120 Å². The van der Waals surface area contributed by atoms with Crippen LogP contribution in [-0.2, 0) is 4.79 Å². The smallest absolute Gasteiger partial charge is 0.225 e. The molecule has 1 amide bonds. The summed E-state index contributed by atoms with van der Waals surface area (Å²) in [6, 6.07) is 7.49. The highest BCUT2D eigenvalue weighted by Gasteiger charge is 2.29. The number of carbonyl (C=O) groups is 1. The molecule has 1 unspecified atom stereocenters. The van der Waals surface area contributed by atoms with Crippen molar-refractivity contribution in [3.05, 3.63) is 24.3 Å². The molecule has 0 heterocycles. The molecule has 1 aliphatic carbocycles. The van der Waals surface area contributed by atoms with Crippen LogP contribution in [0.25, 0.3) is 0 Å². The summed E-state index contributed by atoms with van der Waals surface area (Å²) < 4.78 is 5.64. The third-order valence-electron chi connectivity index (χ3n) is 3.35. The van der Waals surface area contributed by atoms with E-state index in [1.54, 1.807) is 0 Å². The molecule has 1 aliphatic rings. The van der Waals surface area contributed by atoms with Crippen molar-refractivity contribution in [2.24, 2.45) is 17.6 Å². The number of rotatable bonds is 7. The van der Waals surface area contributed by atoms with Gasteiger partial charge in [0, 0.05) is 24.2 Å². The van der Waals surface area contributed by atoms with Crippen LogP contribution < -0.4 is 15.8 Å². The van der Waals surface area contributed by atoms with Crippen LogP contribution in [0.15, 0.2) is 24.3 Å². The number of nitrogens with one attached hydrogen (secondary N) is 1. The maximum absolute atomic E-state index is 11.9. The standard InChI is InChI=1S/C16H24N2O2/c1-11(2)10-20-14-5-3-4-13(8-14)18-16(19)9-15(17)12-6-7-12/h3-5,8,11-12,15H,6-7,9-10,17H2,1-2H3,(H,18,19). The van der Waals surface area contributed by atoms with Crippen LogP contribution in [0.1, 0.15) is 33.1 Å². The quantitative estimate of drug-likeness (QED) is 0.805. The summed E-state index contributed by atoms with van der Waals surface area (Å²) in [7, 11) is 0. The third-order valence-corrected chi connectivity index (χ3v) is 3.35. The molecule has 0 aliphatic heterocycles. The van der Waals surface area contributed by atoms with Gasteiger partial charge in [-0.05, 0) is 36.8 Å². The number of hydrogen-bond acceptors (Lipinski definition) is 3. The van der Waals surface area contributed by atoms with Crippen molar-refractivity contribution in [2.75, 3.05) is 11.9 Å². The summed E-state index contributed by atoms with van der Waals surface area (Å²) in [6.45, 7) is 4.87. The van der Waals surface area contributed by atoms with Gasteiger partial charge in [-0.2, -0.15) is 0 Å². The minimum atomic E-state index is -0.0228. The van der Waals surface area contributed by atoms with E-state index in [9.17, 15) is 4.79 Å². The van der Waals surface area contributed by atoms with E-state index in [2.05, 4.69) is 19.2 Å². The molecule has 3 N–H and O–H groups in total. The van der Waals surface area contributed by atoms with Gasteiger partial charge in [0.15, 0.2) is 0 Å². The summed E-state index contributed by atoms with van der Waals surface area (Å²) in [5.74, 6) is 1.78. The largest absolute Gasteiger partial charge is 0.493 e. The summed E-state index contributed by atoms with van der Waals surface area (Å²) in [5.41, 5.74) is 6.72. The first-order chi connectivity index (χ1) is 9.54. The number of nitrogens with two attached hydrogens (primary N) is 1. The van der Waals surface area contributed by atoms with E-state index in [1.807, 2.05) is 24.3 Å². The Bertz CT molecular complexity index is 456. The van der Waals surface area contributed by atoms with Crippen LogP contribution in [-0.4, -0.2) is 18.6 Å². The molecule has 1 atom stereocenters. The predicted octanol–water partition coefficient (Wildman–Crippen LogP) is 2.79. The molecular formula is C16H24N2O2. The van der Waals surface area contributed by atoms with E-state index in [-0.39, 0.29) is 11.9 Å². The number of hydrogen-bond donors (Lipinski definition) is 2. The fourth-order valence-electron chi connectivity index (χ4n) is 2.04. The Morgan fingerprint density at radius 2 is 2.20 bits per heavy atom. The van der Waals surface area contributed by atoms with Gasteiger partial charge in [0.2, 0.25) is 5.91 Å². The molecule has 0 bridgehead atoms. The zero-order valence-corrected chi connectivity index (χ0v) is 12.3. The molecular weight excluding hydrogens is 252 g/mol. The minimum Gasteiger partial charge on any atom is -0.493 e. The van der Waals surface area contributed by atoms with Gasteiger partial charge in [-0.1, -0.05) is 19.9 Å². The molecule has 110 valence electrons. The summed E-state index contributed by atoms with van der Waals surface area (Å²) in [4.78, 5) is 11.9. The van der Waals surface area contributed by atoms with E-state index >= 15 is 0 Å². The van der Waals surface area contributed by atoms with E-state index in [0.29, 0.717) is 24.9 Å². The Morgan fingerprint density at radius 3 is 2.85 bits per heavy atom. The Hall–Kier alpha value is -1.55. The van der Waals surface area contributed by atoms with Gasteiger partial charge in [-0.25, -0.2) is 0 Å². The van der Waals surface area contributed by atoms with Crippen molar-refractivity contribution in [2.45, 2.75) is 39.2 Å². The molecule has 1 aromatic rings. The van der Waals surface area contributed by atoms with Crippen molar-refractivity contribution in [1.82, 2.24) is 0 Å². The van der Waals surface area contributed by atoms with E-state index < -0.39 is 0 Å². The van der Waals surface area contributed by atoms with E-state index in [1.165, 1.54) is 0 Å². The van der Waals surface area contributed by atoms with Crippen molar-refractivity contribution in [1.29, 1.82) is 0 Å². The number of carbonyl (C=O) groups excluding carboxylic acids is 1. The highest BCUT2D eigenvalue weighted by molar-refractivity contribution is 5.91. The fraction of sp³-hybridized carbons (Fsp3) is 0.562. The van der Waals surface area contributed by atoms with Gasteiger partial charge < -0.3 is 15.8 Å². The minimum absolute atomic E-state index is 0.00428. The fourth-order valence-corrected chi connectivity index (χ4v) is 2.04. The second-order valence-corrected chi connectivity index (χ2v) is 5.99. The zero-order chi connectivity index (χ0) is 14.5. The monoisotopic (exact) mass is 276 g/mol. The SMILES string of the molecule is CC(C)COc1cccc(NC(=O)CC(N)C2CC2)c1. The van der Waals surface area contributed by atoms with Crippen LogP contribution in [0.5, 0.6) is 5.75 Å². The van der Waals surface area contributed by atoms with Gasteiger partial charge in [0.1, 0.15) is 5.75 Å². The maximum atomic E-state index is 11.9. The summed E-state index contributed by atoms with van der Waals surface area (Å²) in [5, 5.41) is 2.88. The normalized spacial score (nSPS) is 16.0. The molecule has 20 heavy (non-hydrogen) atoms. The number of ether oxygens (including phenoxy) is 1. The Morgan fingerprint density at radius 1 is 1.45 bits per heavy atom. The summed E-state index contributed by atoms with van der Waals surface area (Å²) >= 11 is 0. The van der Waals surface area contributed by atoms with Gasteiger partial charge in [0.05, 0.1) is 6.61 Å². The first-order valence-corrected chi connectivity index (χ1v) is 7.33. The van der Waals surface area contributed by atoms with Crippen molar-refractivity contribution < 1.29 is 9.53 Å². The molecule has 1 saturated carbocycles. The molecule has 0 radical (unpaired) electrons. The van der Waals surface area contributed by atoms with Crippen LogP contribution in [0.4, 0.5) is 5.69 Å². The zero-order valence-electron chi connectivity index (χ0n) is 12.3. The lowest BCUT2D eigenvalue weighted by atomic mass is 10.1. The molecule has 0 aromatic heterocycles. The molecule has 4 heteroatoms. The molecule has 1 aromatic carbocycles. The van der Waals surface area contributed by atoms with E-state index in [4.69, 9.17) is 10.5 Å². The summed E-state index contributed by atoms with van der Waals surface area (Å²) in [6.07, 6.45) is 2.71. The average Bonchev–Trinajstić information content (AvgIpc) is 3.20. The number of benzene rings is 1. The van der Waals surface area contributed by atoms with Crippen molar-refractivity contribution in [3.8, 4) is 5.75 Å². The van der Waals surface area contributed by atoms with Crippen LogP contribution in [0.3, 0.4) is 0 Å². The average molecular weight is 276 g/mol. The second kappa shape index (κ2) is 6.75. The second-order valence-electron chi connectivity index (χ2n) is 5.99. The maximum Gasteiger partial charge on any atom is 0.225 e. The topological polar surface area (TPSA) is 64.3 Å². The van der Waals surface area contributed by atoms with E-state index in [0.717, 1.165) is 24.3 Å². The first kappa shape index (κ1) is 14.9. The first-order valence-electron chi connectivity index (χ1n) is 7.33. The lowest BCUT2D eigenvalue weighted by molar-refractivity contribution is -0.116. The van der Waals surface area contributed by atoms with Crippen LogP contribution in [0, 0.1) is 11.8 Å². The van der Waals surface area contributed by atoms with Gasteiger partial charge in [-0.3, -0.25) is 4.79 Å². The Balaban J connectivity index is 1.84. The van der Waals surface area contributed by atoms with Crippen LogP contribution in [0.2, 0.25) is 0 Å². The van der Waals surface area contributed by atoms with Crippen molar-refractivity contribution in [3.63, 3.8) is 0 Å². The number of amides is 1. The van der Waals surface area contributed by atoms with Crippen LogP contribution >= 0.6 is 0 Å².